The molecule has 5 nitrogen and oxygen atoms in total. The standard InChI is InChI=1S/C17H18ClNO4S/c1-11(16(20)12-3-7-14(18)8-4-12)19-17(21)13-5-9-15(10-6-13)24(2,22)23/h3-11,16,20H,1-2H3,(H,19,21)/t11-,16-/m0/s1. The summed E-state index contributed by atoms with van der Waals surface area (Å²) in [6.45, 7) is 1.68. The Balaban J connectivity index is 2.06. The van der Waals surface area contributed by atoms with Crippen LogP contribution in [0.1, 0.15) is 28.9 Å². The predicted molar refractivity (Wildman–Crippen MR) is 92.9 cm³/mol. The van der Waals surface area contributed by atoms with Crippen LogP contribution in [-0.2, 0) is 9.84 Å². The summed E-state index contributed by atoms with van der Waals surface area (Å²) in [4.78, 5) is 12.4. The fourth-order valence-corrected chi connectivity index (χ4v) is 2.93. The van der Waals surface area contributed by atoms with Crippen molar-refractivity contribution >= 4 is 27.3 Å². The van der Waals surface area contributed by atoms with Gasteiger partial charge in [0.15, 0.2) is 9.84 Å². The number of aliphatic hydroxyl groups is 1. The van der Waals surface area contributed by atoms with Gasteiger partial charge < -0.3 is 10.4 Å². The molecule has 2 rings (SSSR count). The summed E-state index contributed by atoms with van der Waals surface area (Å²) in [6.07, 6.45) is 0.216. The van der Waals surface area contributed by atoms with Crippen LogP contribution in [0.15, 0.2) is 53.4 Å². The summed E-state index contributed by atoms with van der Waals surface area (Å²) >= 11 is 5.81. The molecule has 2 aromatic rings. The zero-order valence-electron chi connectivity index (χ0n) is 13.2. The molecule has 0 bridgehead atoms. The third-order valence-corrected chi connectivity index (χ3v) is 4.97. The van der Waals surface area contributed by atoms with Gasteiger partial charge in [-0.1, -0.05) is 23.7 Å². The molecule has 0 saturated carbocycles. The Hall–Kier alpha value is -1.89. The molecule has 2 N–H and O–H groups in total. The molecular formula is C17H18ClNO4S. The number of hydrogen-bond acceptors (Lipinski definition) is 4. The molecule has 0 aliphatic heterocycles. The monoisotopic (exact) mass is 367 g/mol. The number of hydrogen-bond donors (Lipinski definition) is 2. The number of rotatable bonds is 5. The summed E-state index contributed by atoms with van der Waals surface area (Å²) in [6, 6.07) is 11.8. The van der Waals surface area contributed by atoms with Gasteiger partial charge in [0.05, 0.1) is 17.0 Å². The van der Waals surface area contributed by atoms with E-state index in [0.29, 0.717) is 16.1 Å². The molecule has 0 aromatic heterocycles. The second-order valence-corrected chi connectivity index (χ2v) is 8.01. The summed E-state index contributed by atoms with van der Waals surface area (Å²) in [5.74, 6) is -0.393. The Morgan fingerprint density at radius 2 is 1.62 bits per heavy atom. The number of sulfone groups is 1. The number of carbonyl (C=O) groups is 1. The van der Waals surface area contributed by atoms with Gasteiger partial charge in [0.1, 0.15) is 0 Å². The van der Waals surface area contributed by atoms with Crippen molar-refractivity contribution in [3.05, 3.63) is 64.7 Å². The van der Waals surface area contributed by atoms with Crippen LogP contribution in [-0.4, -0.2) is 31.7 Å². The number of carbonyl (C=O) groups excluding carboxylic acids is 1. The first kappa shape index (κ1) is 18.4. The molecule has 2 aromatic carbocycles. The Kier molecular flexibility index (Phi) is 5.64. The first-order chi connectivity index (χ1) is 11.2. The van der Waals surface area contributed by atoms with Gasteiger partial charge in [-0.25, -0.2) is 8.42 Å². The highest BCUT2D eigenvalue weighted by atomic mass is 35.5. The smallest absolute Gasteiger partial charge is 0.251 e. The van der Waals surface area contributed by atoms with E-state index in [1.807, 2.05) is 0 Å². The van der Waals surface area contributed by atoms with Crippen molar-refractivity contribution < 1.29 is 18.3 Å². The maximum Gasteiger partial charge on any atom is 0.251 e. The zero-order valence-corrected chi connectivity index (χ0v) is 14.8. The lowest BCUT2D eigenvalue weighted by Gasteiger charge is -2.20. The summed E-state index contributed by atoms with van der Waals surface area (Å²) in [5.41, 5.74) is 0.956. The van der Waals surface area contributed by atoms with Gasteiger partial charge in [0.25, 0.3) is 5.91 Å². The Bertz CT molecular complexity index is 817. The van der Waals surface area contributed by atoms with Crippen LogP contribution in [0, 0.1) is 0 Å². The molecule has 0 fully saturated rings. The molecule has 24 heavy (non-hydrogen) atoms. The van der Waals surface area contributed by atoms with E-state index in [9.17, 15) is 18.3 Å². The lowest BCUT2D eigenvalue weighted by Crippen LogP contribution is -2.37. The van der Waals surface area contributed by atoms with Crippen molar-refractivity contribution in [2.75, 3.05) is 6.26 Å². The Labute approximate surface area is 146 Å². The van der Waals surface area contributed by atoms with E-state index in [-0.39, 0.29) is 4.90 Å². The normalized spacial score (nSPS) is 14.0. The van der Waals surface area contributed by atoms with Gasteiger partial charge in [0.2, 0.25) is 0 Å². The van der Waals surface area contributed by atoms with E-state index in [0.717, 1.165) is 6.26 Å². The second kappa shape index (κ2) is 7.34. The second-order valence-electron chi connectivity index (χ2n) is 5.56. The van der Waals surface area contributed by atoms with E-state index in [1.54, 1.807) is 31.2 Å². The number of amides is 1. The predicted octanol–water partition coefficient (Wildman–Crippen LogP) is 2.60. The number of aliphatic hydroxyl groups excluding tert-OH is 1. The Morgan fingerprint density at radius 1 is 1.08 bits per heavy atom. The maximum absolute atomic E-state index is 12.2. The van der Waals surface area contributed by atoms with Crippen LogP contribution < -0.4 is 5.32 Å². The molecule has 7 heteroatoms. The van der Waals surface area contributed by atoms with Crippen LogP contribution in [0.2, 0.25) is 5.02 Å². The fourth-order valence-electron chi connectivity index (χ4n) is 2.17. The fraction of sp³-hybridized carbons (Fsp3) is 0.235. The number of halogens is 1. The van der Waals surface area contributed by atoms with E-state index in [4.69, 9.17) is 11.6 Å². The lowest BCUT2D eigenvalue weighted by molar-refractivity contribution is 0.0852. The van der Waals surface area contributed by atoms with Crippen molar-refractivity contribution in [2.45, 2.75) is 24.0 Å². The average molecular weight is 368 g/mol. The minimum Gasteiger partial charge on any atom is -0.386 e. The van der Waals surface area contributed by atoms with Crippen LogP contribution in [0.25, 0.3) is 0 Å². The van der Waals surface area contributed by atoms with Gasteiger partial charge in [0, 0.05) is 16.8 Å². The average Bonchev–Trinajstić information content (AvgIpc) is 2.54. The summed E-state index contributed by atoms with van der Waals surface area (Å²) in [7, 11) is -3.30. The highest BCUT2D eigenvalue weighted by Gasteiger charge is 2.19. The van der Waals surface area contributed by atoms with Crippen LogP contribution in [0.3, 0.4) is 0 Å². The molecule has 1 amide bonds. The molecular weight excluding hydrogens is 350 g/mol. The van der Waals surface area contributed by atoms with E-state index < -0.39 is 27.9 Å². The minimum absolute atomic E-state index is 0.147. The maximum atomic E-state index is 12.2. The van der Waals surface area contributed by atoms with Gasteiger partial charge in [-0.05, 0) is 48.9 Å². The first-order valence-electron chi connectivity index (χ1n) is 7.23. The van der Waals surface area contributed by atoms with E-state index in [2.05, 4.69) is 5.32 Å². The van der Waals surface area contributed by atoms with E-state index in [1.165, 1.54) is 24.3 Å². The third kappa shape index (κ3) is 4.56. The van der Waals surface area contributed by atoms with Gasteiger partial charge in [-0.3, -0.25) is 4.79 Å². The topological polar surface area (TPSA) is 83.5 Å². The zero-order chi connectivity index (χ0) is 17.9. The summed E-state index contributed by atoms with van der Waals surface area (Å²) in [5, 5.41) is 13.5. The first-order valence-corrected chi connectivity index (χ1v) is 9.50. The molecule has 0 radical (unpaired) electrons. The van der Waals surface area contributed by atoms with Crippen molar-refractivity contribution in [3.63, 3.8) is 0 Å². The van der Waals surface area contributed by atoms with E-state index >= 15 is 0 Å². The quantitative estimate of drug-likeness (QED) is 0.850. The number of benzene rings is 2. The van der Waals surface area contributed by atoms with Crippen molar-refractivity contribution in [2.24, 2.45) is 0 Å². The molecule has 0 aliphatic carbocycles. The molecule has 0 heterocycles. The van der Waals surface area contributed by atoms with Crippen LogP contribution in [0.5, 0.6) is 0 Å². The van der Waals surface area contributed by atoms with Gasteiger partial charge in [-0.15, -0.1) is 0 Å². The number of nitrogens with one attached hydrogen (secondary N) is 1. The lowest BCUT2D eigenvalue weighted by atomic mass is 10.0. The van der Waals surface area contributed by atoms with Gasteiger partial charge in [-0.2, -0.15) is 0 Å². The molecule has 0 unspecified atom stereocenters. The van der Waals surface area contributed by atoms with Gasteiger partial charge >= 0.3 is 0 Å². The molecule has 0 spiro atoms. The highest BCUT2D eigenvalue weighted by molar-refractivity contribution is 7.90. The van der Waals surface area contributed by atoms with Crippen molar-refractivity contribution in [3.8, 4) is 0 Å². The summed E-state index contributed by atoms with van der Waals surface area (Å²) < 4.78 is 22.8. The van der Waals surface area contributed by atoms with Crippen molar-refractivity contribution in [1.82, 2.24) is 5.32 Å². The largest absolute Gasteiger partial charge is 0.386 e. The SMILES string of the molecule is C[C@H](NC(=O)c1ccc(S(C)(=O)=O)cc1)[C@H](O)c1ccc(Cl)cc1. The highest BCUT2D eigenvalue weighted by Crippen LogP contribution is 2.19. The van der Waals surface area contributed by atoms with Crippen LogP contribution >= 0.6 is 11.6 Å². The molecule has 0 saturated heterocycles. The molecule has 128 valence electrons. The molecule has 2 atom stereocenters. The van der Waals surface area contributed by atoms with Crippen LogP contribution in [0.4, 0.5) is 0 Å². The molecule has 0 aliphatic rings. The van der Waals surface area contributed by atoms with Crippen molar-refractivity contribution in [1.29, 1.82) is 0 Å². The third-order valence-electron chi connectivity index (χ3n) is 3.59. The Morgan fingerprint density at radius 3 is 2.12 bits per heavy atom. The minimum atomic E-state index is -3.30.